The van der Waals surface area contributed by atoms with Crippen LogP contribution in [0.3, 0.4) is 0 Å². The van der Waals surface area contributed by atoms with E-state index >= 15 is 0 Å². The monoisotopic (exact) mass is 314 g/mol. The summed E-state index contributed by atoms with van der Waals surface area (Å²) in [6.07, 6.45) is 4.93. The molecule has 6 heteroatoms. The second-order valence-corrected chi connectivity index (χ2v) is 7.84. The molecule has 3 unspecified atom stereocenters. The average molecular weight is 314 g/mol. The molecule has 4 bridgehead atoms. The van der Waals surface area contributed by atoms with Crippen LogP contribution in [0.1, 0.15) is 6.42 Å². The molecule has 7 rings (SSSR count). The van der Waals surface area contributed by atoms with Crippen LogP contribution in [0.2, 0.25) is 0 Å². The molecule has 2 heterocycles. The van der Waals surface area contributed by atoms with Gasteiger partial charge in [0.2, 0.25) is 0 Å². The molecule has 3 saturated carbocycles. The molecule has 5 fully saturated rings. The summed E-state index contributed by atoms with van der Waals surface area (Å²) < 4.78 is 9.79. The Morgan fingerprint density at radius 1 is 0.652 bits per heavy atom. The van der Waals surface area contributed by atoms with E-state index in [0.717, 1.165) is 6.42 Å². The van der Waals surface area contributed by atoms with Gasteiger partial charge >= 0.3 is 23.9 Å². The first-order valence-corrected chi connectivity index (χ1v) is 8.27. The number of fused-ring (bicyclic) bond motifs is 5. The Hall–Kier alpha value is -1.98. The summed E-state index contributed by atoms with van der Waals surface area (Å²) in [6, 6.07) is 0. The molecule has 0 amide bonds. The lowest BCUT2D eigenvalue weighted by Gasteiger charge is -2.52. The molecule has 118 valence electrons. The number of cyclic esters (lactones) is 4. The van der Waals surface area contributed by atoms with Gasteiger partial charge in [-0.2, -0.15) is 0 Å². The SMILES string of the molecule is O=C1OC(=O)[C@@H]2C1[C@H]1C[C@@H]2C2C1[C@H]1C=C[C@@H]2[C@@H]2C(=O)OC(=O)[C@@H]21. The first-order chi connectivity index (χ1) is 11.1. The third kappa shape index (κ3) is 1.16. The molecule has 7 aliphatic rings. The number of carbonyl (C=O) groups is 4. The van der Waals surface area contributed by atoms with Crippen molar-refractivity contribution in [2.75, 3.05) is 0 Å². The summed E-state index contributed by atoms with van der Waals surface area (Å²) in [5, 5.41) is 0. The highest BCUT2D eigenvalue weighted by atomic mass is 16.6. The topological polar surface area (TPSA) is 86.7 Å². The summed E-state index contributed by atoms with van der Waals surface area (Å²) in [4.78, 5) is 48.4. The van der Waals surface area contributed by atoms with Gasteiger partial charge in [-0.25, -0.2) is 0 Å². The minimum atomic E-state index is -0.415. The van der Waals surface area contributed by atoms with Crippen LogP contribution in [-0.4, -0.2) is 23.9 Å². The smallest absolute Gasteiger partial charge is 0.318 e. The third-order valence-electron chi connectivity index (χ3n) is 7.44. The van der Waals surface area contributed by atoms with Gasteiger partial charge in [-0.05, 0) is 41.9 Å². The summed E-state index contributed by atoms with van der Waals surface area (Å²) >= 11 is 0. The molecular formula is C17H14O6. The Bertz CT molecular complexity index is 679. The van der Waals surface area contributed by atoms with Crippen molar-refractivity contribution < 1.29 is 28.7 Å². The van der Waals surface area contributed by atoms with Gasteiger partial charge in [-0.3, -0.25) is 19.2 Å². The second kappa shape index (κ2) is 3.57. The van der Waals surface area contributed by atoms with E-state index in [1.165, 1.54) is 0 Å². The Balaban J connectivity index is 1.49. The molecule has 0 radical (unpaired) electrons. The summed E-state index contributed by atoms with van der Waals surface area (Å²) in [6.45, 7) is 0. The number of ether oxygens (including phenoxy) is 2. The van der Waals surface area contributed by atoms with Crippen LogP contribution in [0, 0.1) is 59.2 Å². The highest BCUT2D eigenvalue weighted by Gasteiger charge is 2.74. The van der Waals surface area contributed by atoms with Gasteiger partial charge in [0.15, 0.2) is 0 Å². The second-order valence-electron chi connectivity index (χ2n) is 7.84. The Morgan fingerprint density at radius 2 is 1.04 bits per heavy atom. The van der Waals surface area contributed by atoms with Crippen LogP contribution in [0.5, 0.6) is 0 Å². The standard InChI is InChI=1S/C17H14O6/c18-14-10-4-1-2-5(11(10)15(19)22-14)9-7-3-6(8(4)9)12-13(7)17(21)23-16(12)20/h1-2,4-13H,3H2/t4-,5+,6+,7-,8?,9?,10-,11+,12-,13?/m0/s1. The van der Waals surface area contributed by atoms with E-state index in [0.29, 0.717) is 0 Å². The normalized spacial score (nSPS) is 57.4. The minimum Gasteiger partial charge on any atom is -0.393 e. The average Bonchev–Trinajstić information content (AvgIpc) is 3.24. The number of esters is 4. The summed E-state index contributed by atoms with van der Waals surface area (Å²) in [5.41, 5.74) is 0. The van der Waals surface area contributed by atoms with Crippen molar-refractivity contribution >= 4 is 23.9 Å². The lowest BCUT2D eigenvalue weighted by molar-refractivity contribution is -0.155. The maximum Gasteiger partial charge on any atom is 0.318 e. The maximum absolute atomic E-state index is 12.1. The van der Waals surface area contributed by atoms with E-state index in [2.05, 4.69) is 0 Å². The first-order valence-electron chi connectivity index (χ1n) is 8.27. The number of hydrogen-bond acceptors (Lipinski definition) is 6. The number of rotatable bonds is 0. The number of hydrogen-bond donors (Lipinski definition) is 0. The highest BCUT2D eigenvalue weighted by molar-refractivity contribution is 5.99. The van der Waals surface area contributed by atoms with Gasteiger partial charge in [-0.1, -0.05) is 12.2 Å². The van der Waals surface area contributed by atoms with Crippen molar-refractivity contribution in [3.63, 3.8) is 0 Å². The molecule has 0 aromatic rings. The zero-order valence-corrected chi connectivity index (χ0v) is 12.1. The van der Waals surface area contributed by atoms with Crippen LogP contribution < -0.4 is 0 Å². The number of allylic oxidation sites excluding steroid dienone is 2. The maximum atomic E-state index is 12.1. The van der Waals surface area contributed by atoms with Crippen molar-refractivity contribution in [1.82, 2.24) is 0 Å². The molecule has 0 aromatic carbocycles. The van der Waals surface area contributed by atoms with Crippen molar-refractivity contribution in [2.24, 2.45) is 59.2 Å². The van der Waals surface area contributed by atoms with Crippen molar-refractivity contribution in [2.45, 2.75) is 6.42 Å². The molecular weight excluding hydrogens is 300 g/mol. The van der Waals surface area contributed by atoms with E-state index in [4.69, 9.17) is 9.47 Å². The lowest BCUT2D eigenvalue weighted by atomic mass is 9.48. The van der Waals surface area contributed by atoms with Gasteiger partial charge < -0.3 is 9.47 Å². The van der Waals surface area contributed by atoms with E-state index in [1.54, 1.807) is 0 Å². The van der Waals surface area contributed by atoms with E-state index < -0.39 is 35.7 Å². The van der Waals surface area contributed by atoms with Crippen molar-refractivity contribution in [1.29, 1.82) is 0 Å². The Kier molecular flexibility index (Phi) is 1.93. The van der Waals surface area contributed by atoms with Crippen molar-refractivity contribution in [3.8, 4) is 0 Å². The first kappa shape index (κ1) is 12.4. The molecule has 2 aliphatic heterocycles. The summed E-state index contributed by atoms with van der Waals surface area (Å²) in [5.74, 6) is -2.62. The van der Waals surface area contributed by atoms with E-state index in [9.17, 15) is 19.2 Å². The number of carbonyl (C=O) groups excluding carboxylic acids is 4. The fourth-order valence-corrected chi connectivity index (χ4v) is 7.02. The fraction of sp³-hybridized carbons (Fsp3) is 0.647. The van der Waals surface area contributed by atoms with E-state index in [-0.39, 0.29) is 47.3 Å². The molecule has 6 nitrogen and oxygen atoms in total. The van der Waals surface area contributed by atoms with Crippen LogP contribution in [0.25, 0.3) is 0 Å². The van der Waals surface area contributed by atoms with Crippen LogP contribution >= 0.6 is 0 Å². The van der Waals surface area contributed by atoms with Gasteiger partial charge in [0.1, 0.15) is 0 Å². The molecule has 0 N–H and O–H groups in total. The largest absolute Gasteiger partial charge is 0.393 e. The molecule has 2 saturated heterocycles. The molecule has 23 heavy (non-hydrogen) atoms. The van der Waals surface area contributed by atoms with Crippen LogP contribution in [0.4, 0.5) is 0 Å². The third-order valence-corrected chi connectivity index (χ3v) is 7.44. The van der Waals surface area contributed by atoms with Crippen molar-refractivity contribution in [3.05, 3.63) is 12.2 Å². The molecule has 10 atom stereocenters. The predicted octanol–water partition coefficient (Wildman–Crippen LogP) is 0.316. The Labute approximate surface area is 131 Å². The molecule has 0 aromatic heterocycles. The van der Waals surface area contributed by atoms with Gasteiger partial charge in [-0.15, -0.1) is 0 Å². The summed E-state index contributed by atoms with van der Waals surface area (Å²) in [7, 11) is 0. The van der Waals surface area contributed by atoms with Gasteiger partial charge in [0.05, 0.1) is 23.7 Å². The fourth-order valence-electron chi connectivity index (χ4n) is 7.02. The molecule has 0 spiro atoms. The molecule has 5 aliphatic carbocycles. The predicted molar refractivity (Wildman–Crippen MR) is 70.9 cm³/mol. The van der Waals surface area contributed by atoms with Crippen LogP contribution in [0.15, 0.2) is 12.2 Å². The quantitative estimate of drug-likeness (QED) is 0.363. The van der Waals surface area contributed by atoms with E-state index in [1.807, 2.05) is 12.2 Å². The zero-order valence-electron chi connectivity index (χ0n) is 12.1. The zero-order chi connectivity index (χ0) is 15.6. The van der Waals surface area contributed by atoms with Crippen LogP contribution in [-0.2, 0) is 28.7 Å². The highest BCUT2D eigenvalue weighted by Crippen LogP contribution is 2.70. The Morgan fingerprint density at radius 3 is 1.48 bits per heavy atom. The lowest BCUT2D eigenvalue weighted by Crippen LogP contribution is -2.54. The minimum absolute atomic E-state index is 0.0478. The van der Waals surface area contributed by atoms with Gasteiger partial charge in [0.25, 0.3) is 0 Å². The van der Waals surface area contributed by atoms with Gasteiger partial charge in [0, 0.05) is 0 Å².